The van der Waals surface area contributed by atoms with Crippen LogP contribution in [0.3, 0.4) is 0 Å². The van der Waals surface area contributed by atoms with Crippen molar-refractivity contribution in [2.45, 2.75) is 51.2 Å². The SMILES string of the molecule is C[C@H](Cc1ccco1)NC(=O)N[C@@H]1CCCc2c1cnn2CCO. The van der Waals surface area contributed by atoms with Crippen LogP contribution in [0.4, 0.5) is 4.79 Å². The van der Waals surface area contributed by atoms with Gasteiger partial charge in [-0.25, -0.2) is 4.79 Å². The normalized spacial score (nSPS) is 18.0. The minimum absolute atomic E-state index is 0.0173. The van der Waals surface area contributed by atoms with Gasteiger partial charge in [0.05, 0.1) is 31.7 Å². The Morgan fingerprint density at radius 1 is 1.58 bits per heavy atom. The Kier molecular flexibility index (Phi) is 5.20. The van der Waals surface area contributed by atoms with Gasteiger partial charge >= 0.3 is 6.03 Å². The highest BCUT2D eigenvalue weighted by Gasteiger charge is 2.25. The lowest BCUT2D eigenvalue weighted by molar-refractivity contribution is 0.231. The molecule has 130 valence electrons. The molecule has 1 aliphatic rings. The number of furan rings is 1. The van der Waals surface area contributed by atoms with E-state index in [1.54, 1.807) is 12.5 Å². The zero-order chi connectivity index (χ0) is 16.9. The quantitative estimate of drug-likeness (QED) is 0.752. The topological polar surface area (TPSA) is 92.3 Å². The summed E-state index contributed by atoms with van der Waals surface area (Å²) in [6.45, 7) is 2.51. The third kappa shape index (κ3) is 3.79. The van der Waals surface area contributed by atoms with Gasteiger partial charge < -0.3 is 20.2 Å². The first-order valence-electron chi connectivity index (χ1n) is 8.42. The Labute approximate surface area is 141 Å². The van der Waals surface area contributed by atoms with E-state index in [-0.39, 0.29) is 24.7 Å². The number of hydrogen-bond acceptors (Lipinski definition) is 4. The van der Waals surface area contributed by atoms with Gasteiger partial charge in [0.15, 0.2) is 0 Å². The highest BCUT2D eigenvalue weighted by Crippen LogP contribution is 2.29. The number of aliphatic hydroxyl groups is 1. The summed E-state index contributed by atoms with van der Waals surface area (Å²) in [6.07, 6.45) is 6.93. The summed E-state index contributed by atoms with van der Waals surface area (Å²) in [6, 6.07) is 3.52. The van der Waals surface area contributed by atoms with Crippen molar-refractivity contribution >= 4 is 6.03 Å². The second kappa shape index (κ2) is 7.53. The fourth-order valence-corrected chi connectivity index (χ4v) is 3.26. The van der Waals surface area contributed by atoms with Crippen molar-refractivity contribution < 1.29 is 14.3 Å². The smallest absolute Gasteiger partial charge is 0.315 e. The lowest BCUT2D eigenvalue weighted by Crippen LogP contribution is -2.43. The zero-order valence-corrected chi connectivity index (χ0v) is 13.9. The van der Waals surface area contributed by atoms with E-state index in [0.717, 1.165) is 36.3 Å². The number of nitrogens with zero attached hydrogens (tertiary/aromatic N) is 2. The summed E-state index contributed by atoms with van der Waals surface area (Å²) in [5, 5.41) is 19.4. The van der Waals surface area contributed by atoms with Gasteiger partial charge in [0.1, 0.15) is 5.76 Å². The van der Waals surface area contributed by atoms with Crippen molar-refractivity contribution in [3.63, 3.8) is 0 Å². The van der Waals surface area contributed by atoms with Gasteiger partial charge in [0.2, 0.25) is 0 Å². The van der Waals surface area contributed by atoms with E-state index in [9.17, 15) is 4.79 Å². The summed E-state index contributed by atoms with van der Waals surface area (Å²) in [5.41, 5.74) is 2.17. The molecule has 0 fully saturated rings. The summed E-state index contributed by atoms with van der Waals surface area (Å²) in [7, 11) is 0. The highest BCUT2D eigenvalue weighted by atomic mass is 16.3. The van der Waals surface area contributed by atoms with Crippen LogP contribution in [-0.2, 0) is 19.4 Å². The van der Waals surface area contributed by atoms with Gasteiger partial charge in [-0.15, -0.1) is 0 Å². The predicted octanol–water partition coefficient (Wildman–Crippen LogP) is 1.78. The number of hydrogen-bond donors (Lipinski definition) is 3. The lowest BCUT2D eigenvalue weighted by Gasteiger charge is -2.25. The monoisotopic (exact) mass is 332 g/mol. The maximum Gasteiger partial charge on any atom is 0.315 e. The van der Waals surface area contributed by atoms with Gasteiger partial charge in [-0.3, -0.25) is 4.68 Å². The van der Waals surface area contributed by atoms with Gasteiger partial charge in [-0.1, -0.05) is 0 Å². The maximum atomic E-state index is 12.3. The zero-order valence-electron chi connectivity index (χ0n) is 13.9. The van der Waals surface area contributed by atoms with Crippen LogP contribution in [0.15, 0.2) is 29.0 Å². The van der Waals surface area contributed by atoms with E-state index >= 15 is 0 Å². The van der Waals surface area contributed by atoms with E-state index in [2.05, 4.69) is 15.7 Å². The van der Waals surface area contributed by atoms with E-state index in [0.29, 0.717) is 13.0 Å². The van der Waals surface area contributed by atoms with E-state index < -0.39 is 0 Å². The largest absolute Gasteiger partial charge is 0.469 e. The second-order valence-electron chi connectivity index (χ2n) is 6.24. The van der Waals surface area contributed by atoms with E-state index in [1.165, 1.54) is 0 Å². The first-order chi connectivity index (χ1) is 11.7. The maximum absolute atomic E-state index is 12.3. The molecule has 0 radical (unpaired) electrons. The second-order valence-corrected chi connectivity index (χ2v) is 6.24. The van der Waals surface area contributed by atoms with Crippen molar-refractivity contribution in [2.75, 3.05) is 6.61 Å². The molecule has 3 N–H and O–H groups in total. The fraction of sp³-hybridized carbons (Fsp3) is 0.529. The molecule has 1 aliphatic carbocycles. The molecule has 7 nitrogen and oxygen atoms in total. The molecule has 0 aromatic carbocycles. The van der Waals surface area contributed by atoms with Gasteiger partial charge in [-0.05, 0) is 38.3 Å². The molecule has 2 amide bonds. The van der Waals surface area contributed by atoms with Crippen molar-refractivity contribution in [2.24, 2.45) is 0 Å². The molecule has 24 heavy (non-hydrogen) atoms. The molecule has 0 bridgehead atoms. The number of aliphatic hydroxyl groups excluding tert-OH is 1. The highest BCUT2D eigenvalue weighted by molar-refractivity contribution is 5.74. The number of carbonyl (C=O) groups is 1. The molecule has 2 aromatic rings. The Hall–Kier alpha value is -2.28. The molecule has 2 heterocycles. The van der Waals surface area contributed by atoms with Crippen LogP contribution in [-0.4, -0.2) is 33.6 Å². The van der Waals surface area contributed by atoms with Crippen LogP contribution in [0, 0.1) is 0 Å². The van der Waals surface area contributed by atoms with Crippen LogP contribution in [0.25, 0.3) is 0 Å². The predicted molar refractivity (Wildman–Crippen MR) is 88.5 cm³/mol. The average molecular weight is 332 g/mol. The first kappa shape index (κ1) is 16.6. The van der Waals surface area contributed by atoms with Crippen LogP contribution in [0.2, 0.25) is 0 Å². The molecule has 0 spiro atoms. The Balaban J connectivity index is 1.57. The molecule has 0 unspecified atom stereocenters. The van der Waals surface area contributed by atoms with Gasteiger partial charge in [0.25, 0.3) is 0 Å². The number of nitrogens with one attached hydrogen (secondary N) is 2. The van der Waals surface area contributed by atoms with Crippen molar-refractivity contribution in [3.05, 3.63) is 41.6 Å². The van der Waals surface area contributed by atoms with Crippen molar-refractivity contribution in [1.82, 2.24) is 20.4 Å². The van der Waals surface area contributed by atoms with Crippen LogP contribution in [0.1, 0.15) is 42.8 Å². The number of fused-ring (bicyclic) bond motifs is 1. The summed E-state index contributed by atoms with van der Waals surface area (Å²) in [5.74, 6) is 0.855. The number of carbonyl (C=O) groups excluding carboxylic acids is 1. The standard InChI is InChI=1S/C17H24N4O3/c1-12(10-13-4-3-9-24-13)19-17(23)20-15-5-2-6-16-14(15)11-18-21(16)7-8-22/h3-4,9,11-12,15,22H,2,5-8,10H2,1H3,(H2,19,20,23)/t12-,15-/m1/s1. The van der Waals surface area contributed by atoms with Crippen LogP contribution < -0.4 is 10.6 Å². The minimum atomic E-state index is -0.179. The number of aromatic nitrogens is 2. The van der Waals surface area contributed by atoms with Gasteiger partial charge in [0, 0.05) is 23.7 Å². The molecule has 2 aromatic heterocycles. The Morgan fingerprint density at radius 3 is 3.21 bits per heavy atom. The lowest BCUT2D eigenvalue weighted by atomic mass is 9.93. The number of rotatable bonds is 6. The molecule has 0 saturated heterocycles. The Morgan fingerprint density at radius 2 is 2.46 bits per heavy atom. The van der Waals surface area contributed by atoms with Crippen LogP contribution in [0.5, 0.6) is 0 Å². The van der Waals surface area contributed by atoms with Crippen molar-refractivity contribution in [3.8, 4) is 0 Å². The van der Waals surface area contributed by atoms with E-state index in [1.807, 2.05) is 23.7 Å². The summed E-state index contributed by atoms with van der Waals surface area (Å²) in [4.78, 5) is 12.3. The van der Waals surface area contributed by atoms with Crippen LogP contribution >= 0.6 is 0 Å². The molecular weight excluding hydrogens is 308 g/mol. The summed E-state index contributed by atoms with van der Waals surface area (Å²) >= 11 is 0. The first-order valence-corrected chi connectivity index (χ1v) is 8.42. The molecule has 0 aliphatic heterocycles. The van der Waals surface area contributed by atoms with E-state index in [4.69, 9.17) is 9.52 Å². The number of urea groups is 1. The fourth-order valence-electron chi connectivity index (χ4n) is 3.26. The molecule has 2 atom stereocenters. The number of amides is 2. The third-order valence-electron chi connectivity index (χ3n) is 4.34. The molecular formula is C17H24N4O3. The molecule has 7 heteroatoms. The third-order valence-corrected chi connectivity index (χ3v) is 4.34. The van der Waals surface area contributed by atoms with Crippen molar-refractivity contribution in [1.29, 1.82) is 0 Å². The minimum Gasteiger partial charge on any atom is -0.469 e. The van der Waals surface area contributed by atoms with Gasteiger partial charge in [-0.2, -0.15) is 5.10 Å². The molecule has 0 saturated carbocycles. The molecule has 3 rings (SSSR count). The average Bonchev–Trinajstić information content (AvgIpc) is 3.18. The Bertz CT molecular complexity index is 665. The summed E-state index contributed by atoms with van der Waals surface area (Å²) < 4.78 is 7.14.